The molecule has 0 amide bonds. The lowest BCUT2D eigenvalue weighted by atomic mass is 9.85. The predicted molar refractivity (Wildman–Crippen MR) is 213 cm³/mol. The number of carbonyl (C=O) groups excluding carboxylic acids is 2. The van der Waals surface area contributed by atoms with E-state index in [9.17, 15) is 19.3 Å². The van der Waals surface area contributed by atoms with Crippen molar-refractivity contribution in [1.82, 2.24) is 15.0 Å². The van der Waals surface area contributed by atoms with Crippen LogP contribution >= 0.6 is 18.7 Å². The van der Waals surface area contributed by atoms with Crippen LogP contribution in [-0.4, -0.2) is 31.1 Å². The van der Waals surface area contributed by atoms with Crippen molar-refractivity contribution in [1.29, 1.82) is 0 Å². The minimum absolute atomic E-state index is 0.166. The molecule has 0 bridgehead atoms. The molecular weight excluding hydrogens is 689 g/mol. The van der Waals surface area contributed by atoms with Crippen molar-refractivity contribution in [2.45, 2.75) is 74.7 Å². The lowest BCUT2D eigenvalue weighted by Crippen LogP contribution is -2.23. The second kappa shape index (κ2) is 14.7. The van der Waals surface area contributed by atoms with Crippen LogP contribution in [0.3, 0.4) is 0 Å². The molecule has 1 aromatic heterocycles. The van der Waals surface area contributed by atoms with Crippen molar-refractivity contribution in [3.8, 4) is 11.4 Å². The zero-order valence-electron chi connectivity index (χ0n) is 31.4. The van der Waals surface area contributed by atoms with E-state index < -0.39 is 18.2 Å². The molecule has 1 heterocycles. The third-order valence-corrected chi connectivity index (χ3v) is 11.9. The summed E-state index contributed by atoms with van der Waals surface area (Å²) in [4.78, 5) is 29.2. The molecule has 7 nitrogen and oxygen atoms in total. The zero-order chi connectivity index (χ0) is 38.3. The molecule has 0 fully saturated rings. The number of phenolic OH excluding ortho intramolecular Hbond substituents is 1. The first-order valence-electron chi connectivity index (χ1n) is 17.1. The number of carbonyl (C=O) groups is 2. The Labute approximate surface area is 311 Å². The maximum absolute atomic E-state index is 14.5. The maximum Gasteiger partial charge on any atom is 0.248 e. The van der Waals surface area contributed by atoms with Crippen LogP contribution in [0.2, 0.25) is 5.02 Å². The molecule has 5 aromatic carbocycles. The molecule has 6 rings (SSSR count). The van der Waals surface area contributed by atoms with Crippen molar-refractivity contribution in [3.63, 3.8) is 0 Å². The second-order valence-electron chi connectivity index (χ2n) is 14.7. The van der Waals surface area contributed by atoms with Crippen LogP contribution in [0.25, 0.3) is 16.7 Å². The van der Waals surface area contributed by atoms with Crippen molar-refractivity contribution in [2.24, 2.45) is 0 Å². The Kier molecular flexibility index (Phi) is 10.8. The molecule has 0 aliphatic carbocycles. The molecule has 0 aliphatic heterocycles. The van der Waals surface area contributed by atoms with Gasteiger partial charge >= 0.3 is 0 Å². The van der Waals surface area contributed by atoms with Gasteiger partial charge in [-0.3, -0.25) is 9.59 Å². The third kappa shape index (κ3) is 7.53. The first-order valence-corrected chi connectivity index (χ1v) is 19.2. The summed E-state index contributed by atoms with van der Waals surface area (Å²) < 4.78 is 14.5. The lowest BCUT2D eigenvalue weighted by molar-refractivity contribution is 0.104. The van der Waals surface area contributed by atoms with Gasteiger partial charge in [0, 0.05) is 27.0 Å². The average Bonchev–Trinajstić information content (AvgIpc) is 3.47. The number of rotatable bonds is 6. The predicted octanol–water partition coefficient (Wildman–Crippen LogP) is 10.6. The topological polar surface area (TPSA) is 102 Å². The third-order valence-electron chi connectivity index (χ3n) is 9.07. The minimum atomic E-state index is -4.11. The number of phenols is 1. The van der Waals surface area contributed by atoms with Gasteiger partial charge in [0.25, 0.3) is 0 Å². The number of aryl methyl sites for hydroxylation is 7. The molecule has 0 unspecified atom stereocenters. The second-order valence-corrected chi connectivity index (χ2v) is 17.6. The standard InChI is InChI=1S/C26H27O3P.C17H18ClN3O/c1-16-12-18(3)23(19(4)13-16)25(27)30(29,22-10-8-7-9-11-22)26(28)24-20(5)14-17(2)15-21(24)6;1-10-7-12(17(2,3)4)16(22)15(8-10)21-19-13-6-5-11(18)9-14(13)20-21/h7-15H,1-6H3;5-9,22H,1-4H3. The van der Waals surface area contributed by atoms with Crippen LogP contribution in [-0.2, 0) is 9.98 Å². The number of hydrogen-bond acceptors (Lipinski definition) is 6. The van der Waals surface area contributed by atoms with Gasteiger partial charge in [0.05, 0.1) is 0 Å². The molecule has 1 N–H and O–H groups in total. The molecule has 0 aliphatic rings. The molecule has 0 atom stereocenters. The van der Waals surface area contributed by atoms with Gasteiger partial charge in [-0.2, -0.15) is 0 Å². The van der Waals surface area contributed by atoms with Crippen molar-refractivity contribution >= 4 is 46.1 Å². The Bertz CT molecular complexity index is 2290. The molecule has 9 heteroatoms. The summed E-state index contributed by atoms with van der Waals surface area (Å²) in [5.41, 5.74) is 8.34. The van der Waals surface area contributed by atoms with Crippen molar-refractivity contribution in [3.05, 3.63) is 146 Å². The quantitative estimate of drug-likeness (QED) is 0.171. The summed E-state index contributed by atoms with van der Waals surface area (Å²) in [5.74, 6) is 0.213. The Balaban J connectivity index is 0.000000210. The number of fused-ring (bicyclic) bond motifs is 1. The van der Waals surface area contributed by atoms with Crippen molar-refractivity contribution in [2.75, 3.05) is 0 Å². The molecule has 0 spiro atoms. The molecular formula is C43H45ClN3O4P. The highest BCUT2D eigenvalue weighted by atomic mass is 35.5. The van der Waals surface area contributed by atoms with Gasteiger partial charge in [-0.05, 0) is 106 Å². The molecule has 52 heavy (non-hydrogen) atoms. The van der Waals surface area contributed by atoms with Crippen LogP contribution in [0.5, 0.6) is 5.75 Å². The van der Waals surface area contributed by atoms with E-state index in [4.69, 9.17) is 11.6 Å². The van der Waals surface area contributed by atoms with E-state index in [1.54, 1.807) is 42.5 Å². The van der Waals surface area contributed by atoms with Gasteiger partial charge in [-0.15, -0.1) is 15.0 Å². The van der Waals surface area contributed by atoms with Crippen LogP contribution in [0.15, 0.2) is 84.9 Å². The van der Waals surface area contributed by atoms with Gasteiger partial charge in [0.15, 0.2) is 0 Å². The van der Waals surface area contributed by atoms with E-state index in [2.05, 4.69) is 31.0 Å². The molecule has 0 saturated heterocycles. The summed E-state index contributed by atoms with van der Waals surface area (Å²) >= 11 is 5.99. The van der Waals surface area contributed by atoms with Crippen LogP contribution in [0.4, 0.5) is 0 Å². The van der Waals surface area contributed by atoms with E-state index in [-0.39, 0.29) is 16.5 Å². The molecule has 0 radical (unpaired) electrons. The zero-order valence-corrected chi connectivity index (χ0v) is 33.1. The molecule has 6 aromatic rings. The SMILES string of the molecule is Cc1cc(-n2nc3ccc(Cl)cc3n2)c(O)c(C(C)(C)C)c1.Cc1cc(C)c(C(=O)P(=O)(C(=O)c2c(C)cc(C)cc2C)c2ccccc2)c(C)c1. The summed E-state index contributed by atoms with van der Waals surface area (Å²) in [6, 6.07) is 25.3. The number of aromatic hydroxyl groups is 1. The van der Waals surface area contributed by atoms with Crippen LogP contribution < -0.4 is 5.30 Å². The summed E-state index contributed by atoms with van der Waals surface area (Å²) in [7, 11) is -4.11. The summed E-state index contributed by atoms with van der Waals surface area (Å²) in [6.45, 7) is 19.4. The average molecular weight is 734 g/mol. The van der Waals surface area contributed by atoms with Gasteiger partial charge in [-0.25, -0.2) is 0 Å². The smallest absolute Gasteiger partial charge is 0.248 e. The monoisotopic (exact) mass is 733 g/mol. The van der Waals surface area contributed by atoms with Gasteiger partial charge < -0.3 is 9.67 Å². The van der Waals surface area contributed by atoms with E-state index in [1.807, 2.05) is 90.9 Å². The number of nitrogens with zero attached hydrogens (tertiary/aromatic N) is 3. The fourth-order valence-corrected chi connectivity index (χ4v) is 9.54. The fourth-order valence-electron chi connectivity index (χ4n) is 6.79. The number of aromatic nitrogens is 3. The number of halogens is 1. The largest absolute Gasteiger partial charge is 0.505 e. The molecule has 0 saturated carbocycles. The Hall–Kier alpha value is -4.84. The lowest BCUT2D eigenvalue weighted by Gasteiger charge is -2.22. The van der Waals surface area contributed by atoms with Gasteiger partial charge in [-0.1, -0.05) is 104 Å². The highest BCUT2D eigenvalue weighted by Crippen LogP contribution is 2.52. The summed E-state index contributed by atoms with van der Waals surface area (Å²) in [5, 5.41) is 20.4. The van der Waals surface area contributed by atoms with E-state index in [0.717, 1.165) is 50.0 Å². The Morgan fingerprint density at radius 2 is 1.12 bits per heavy atom. The number of benzene rings is 5. The first kappa shape index (κ1) is 38.4. The summed E-state index contributed by atoms with van der Waals surface area (Å²) in [6.07, 6.45) is 0. The van der Waals surface area contributed by atoms with Crippen LogP contribution in [0.1, 0.15) is 86.0 Å². The van der Waals surface area contributed by atoms with Gasteiger partial charge in [0.1, 0.15) is 22.5 Å². The highest BCUT2D eigenvalue weighted by Gasteiger charge is 2.44. The maximum atomic E-state index is 14.5. The molecule has 268 valence electrons. The van der Waals surface area contributed by atoms with Crippen molar-refractivity contribution < 1.29 is 19.3 Å². The normalized spacial score (nSPS) is 11.7. The minimum Gasteiger partial charge on any atom is -0.505 e. The fraction of sp³-hybridized carbons (Fsp3) is 0.256. The van der Waals surface area contributed by atoms with E-state index in [1.165, 1.54) is 4.80 Å². The number of hydrogen-bond donors (Lipinski definition) is 1. The van der Waals surface area contributed by atoms with Gasteiger partial charge in [0.2, 0.25) is 18.2 Å². The van der Waals surface area contributed by atoms with E-state index in [0.29, 0.717) is 27.4 Å². The van der Waals surface area contributed by atoms with Crippen LogP contribution in [0, 0.1) is 48.5 Å². The van der Waals surface area contributed by atoms with E-state index >= 15 is 0 Å². The Morgan fingerprint density at radius 3 is 1.60 bits per heavy atom. The highest BCUT2D eigenvalue weighted by molar-refractivity contribution is 8.01. The Morgan fingerprint density at radius 1 is 0.654 bits per heavy atom. The first-order chi connectivity index (χ1) is 24.3.